The molecule has 0 aliphatic carbocycles. The summed E-state index contributed by atoms with van der Waals surface area (Å²) in [5.41, 5.74) is 4.80. The van der Waals surface area contributed by atoms with Gasteiger partial charge in [0, 0.05) is 40.3 Å². The predicted octanol–water partition coefficient (Wildman–Crippen LogP) is 2.89. The Morgan fingerprint density at radius 1 is 0.921 bits per heavy atom. The Kier molecular flexibility index (Phi) is 9.37. The van der Waals surface area contributed by atoms with Gasteiger partial charge >= 0.3 is 0 Å². The minimum atomic E-state index is -3.92. The molecule has 1 saturated heterocycles. The van der Waals surface area contributed by atoms with Crippen LogP contribution in [-0.4, -0.2) is 73.1 Å². The number of piperidine rings is 1. The molecule has 12 heteroatoms. The average Bonchev–Trinajstić information content (AvgIpc) is 3.19. The molecule has 10 nitrogen and oxygen atoms in total. The maximum absolute atomic E-state index is 10.00. The second kappa shape index (κ2) is 12.0. The predicted molar refractivity (Wildman–Crippen MR) is 146 cm³/mol. The van der Waals surface area contributed by atoms with Crippen molar-refractivity contribution in [1.82, 2.24) is 9.88 Å². The van der Waals surface area contributed by atoms with Gasteiger partial charge in [-0.15, -0.1) is 0 Å². The van der Waals surface area contributed by atoms with Crippen molar-refractivity contribution in [2.24, 2.45) is 0 Å². The Bertz CT molecular complexity index is 1610. The first-order valence-corrected chi connectivity index (χ1v) is 15.9. The number of phenolic OH excluding ortho intramolecular Hbond substituents is 1. The molecule has 0 saturated carbocycles. The number of phenols is 1. The highest BCUT2D eigenvalue weighted by Crippen LogP contribution is 2.37. The molecular weight excluding hydrogens is 530 g/mol. The van der Waals surface area contributed by atoms with Gasteiger partial charge in [0.15, 0.2) is 18.9 Å². The van der Waals surface area contributed by atoms with Crippen LogP contribution >= 0.6 is 0 Å². The third kappa shape index (κ3) is 8.37. The van der Waals surface area contributed by atoms with Gasteiger partial charge in [-0.25, -0.2) is 21.4 Å². The Morgan fingerprint density at radius 2 is 1.53 bits per heavy atom. The van der Waals surface area contributed by atoms with Crippen molar-refractivity contribution >= 4 is 52.8 Å². The Balaban J connectivity index is 0.000000344. The van der Waals surface area contributed by atoms with Gasteiger partial charge in [-0.3, -0.25) is 4.90 Å². The number of likely N-dealkylation sites (tertiary alicyclic amines) is 1. The van der Waals surface area contributed by atoms with Crippen LogP contribution in [-0.2, 0) is 26.8 Å². The summed E-state index contributed by atoms with van der Waals surface area (Å²) in [5.74, 6) is 0.315. The lowest BCUT2D eigenvalue weighted by atomic mass is 9.97. The minimum Gasteiger partial charge on any atom is -0.748 e. The molecule has 1 aliphatic rings. The van der Waals surface area contributed by atoms with Crippen LogP contribution in [0.15, 0.2) is 36.7 Å². The van der Waals surface area contributed by atoms with E-state index in [2.05, 4.69) is 46.8 Å². The SMILES string of the molecule is CS(=O)(=O)[O-].CS(=O)(=O)[O-].Cc1c2cc[n+](CCN3CCCCC3)cc2c(C)c2c1[nH]c1ccc(O)cc12. The molecule has 0 amide bonds. The van der Waals surface area contributed by atoms with Crippen molar-refractivity contribution in [3.63, 3.8) is 0 Å². The number of hydrogen-bond donors (Lipinski definition) is 2. The second-order valence-corrected chi connectivity index (χ2v) is 12.5. The largest absolute Gasteiger partial charge is 0.748 e. The summed E-state index contributed by atoms with van der Waals surface area (Å²) in [6.07, 6.45) is 9.80. The van der Waals surface area contributed by atoms with Crippen LogP contribution in [0.3, 0.4) is 0 Å². The quantitative estimate of drug-likeness (QED) is 0.284. The molecular formula is C26H34N3O7S2-. The van der Waals surface area contributed by atoms with Crippen molar-refractivity contribution < 1.29 is 35.6 Å². The van der Waals surface area contributed by atoms with Gasteiger partial charge < -0.3 is 19.2 Å². The van der Waals surface area contributed by atoms with Gasteiger partial charge in [0.1, 0.15) is 5.75 Å². The van der Waals surface area contributed by atoms with Crippen LogP contribution in [0.5, 0.6) is 5.75 Å². The summed E-state index contributed by atoms with van der Waals surface area (Å²) in [5, 5.41) is 14.9. The van der Waals surface area contributed by atoms with Gasteiger partial charge in [0.2, 0.25) is 0 Å². The van der Waals surface area contributed by atoms with E-state index in [0.29, 0.717) is 18.3 Å². The van der Waals surface area contributed by atoms with E-state index in [4.69, 9.17) is 25.9 Å². The van der Waals surface area contributed by atoms with E-state index in [1.807, 2.05) is 12.1 Å². The van der Waals surface area contributed by atoms with Crippen LogP contribution in [0.1, 0.15) is 30.4 Å². The Morgan fingerprint density at radius 3 is 2.13 bits per heavy atom. The molecule has 1 aliphatic heterocycles. The average molecular weight is 565 g/mol. The summed E-state index contributed by atoms with van der Waals surface area (Å²) in [6, 6.07) is 7.85. The first-order chi connectivity index (χ1) is 17.6. The number of fused-ring (bicyclic) bond motifs is 4. The first-order valence-electron chi connectivity index (χ1n) is 12.2. The molecule has 0 atom stereocenters. The summed E-state index contributed by atoms with van der Waals surface area (Å²) in [4.78, 5) is 6.15. The number of aromatic hydroxyl groups is 1. The number of nitrogens with zero attached hydrogens (tertiary/aromatic N) is 2. The lowest BCUT2D eigenvalue weighted by Gasteiger charge is -2.24. The van der Waals surface area contributed by atoms with Crippen LogP contribution in [0.25, 0.3) is 32.6 Å². The van der Waals surface area contributed by atoms with Crippen molar-refractivity contribution in [3.05, 3.63) is 47.8 Å². The second-order valence-electron chi connectivity index (χ2n) is 9.68. The number of hydrogen-bond acceptors (Lipinski definition) is 8. The molecule has 2 N–H and O–H groups in total. The van der Waals surface area contributed by atoms with Crippen molar-refractivity contribution in [2.75, 3.05) is 32.1 Å². The summed E-state index contributed by atoms with van der Waals surface area (Å²) >= 11 is 0. The summed E-state index contributed by atoms with van der Waals surface area (Å²) in [6.45, 7) is 9.03. The van der Waals surface area contributed by atoms with Crippen molar-refractivity contribution in [3.8, 4) is 5.75 Å². The molecule has 4 aromatic rings. The number of aromatic amines is 1. The zero-order valence-corrected chi connectivity index (χ0v) is 23.7. The monoisotopic (exact) mass is 564 g/mol. The molecule has 38 heavy (non-hydrogen) atoms. The molecule has 3 heterocycles. The molecule has 1 fully saturated rings. The van der Waals surface area contributed by atoms with Crippen LogP contribution < -0.4 is 4.57 Å². The van der Waals surface area contributed by atoms with Crippen LogP contribution in [0.2, 0.25) is 0 Å². The summed E-state index contributed by atoms with van der Waals surface area (Å²) in [7, 11) is -7.83. The normalized spacial score (nSPS) is 14.7. The fourth-order valence-electron chi connectivity index (χ4n) is 4.86. The highest BCUT2D eigenvalue weighted by atomic mass is 32.2. The molecule has 0 radical (unpaired) electrons. The van der Waals surface area contributed by atoms with Crippen LogP contribution in [0, 0.1) is 13.8 Å². The number of H-pyrrole nitrogens is 1. The molecule has 2 aromatic heterocycles. The number of nitrogens with one attached hydrogen (secondary N) is 1. The fraction of sp³-hybridized carbons (Fsp3) is 0.423. The van der Waals surface area contributed by atoms with E-state index in [9.17, 15) is 5.11 Å². The minimum absolute atomic E-state index is 0.315. The Hall–Kier alpha value is -2.77. The topological polar surface area (TPSA) is 158 Å². The smallest absolute Gasteiger partial charge is 0.176 e. The number of aryl methyl sites for hydroxylation is 2. The molecule has 0 bridgehead atoms. The zero-order chi connectivity index (χ0) is 28.3. The van der Waals surface area contributed by atoms with E-state index in [1.54, 1.807) is 6.07 Å². The fourth-order valence-corrected chi connectivity index (χ4v) is 4.86. The lowest BCUT2D eigenvalue weighted by molar-refractivity contribution is -0.695. The van der Waals surface area contributed by atoms with Crippen molar-refractivity contribution in [2.45, 2.75) is 39.7 Å². The first kappa shape index (κ1) is 29.8. The van der Waals surface area contributed by atoms with E-state index in [0.717, 1.165) is 24.0 Å². The van der Waals surface area contributed by atoms with Gasteiger partial charge in [-0.05, 0) is 74.5 Å². The van der Waals surface area contributed by atoms with Gasteiger partial charge in [-0.1, -0.05) is 6.42 Å². The third-order valence-corrected chi connectivity index (χ3v) is 6.48. The maximum Gasteiger partial charge on any atom is 0.176 e. The van der Waals surface area contributed by atoms with Gasteiger partial charge in [0.05, 0.1) is 32.3 Å². The molecule has 5 rings (SSSR count). The van der Waals surface area contributed by atoms with E-state index >= 15 is 0 Å². The van der Waals surface area contributed by atoms with Crippen LogP contribution in [0.4, 0.5) is 0 Å². The molecule has 0 spiro atoms. The van der Waals surface area contributed by atoms with E-state index < -0.39 is 20.2 Å². The maximum atomic E-state index is 10.00. The van der Waals surface area contributed by atoms with Crippen molar-refractivity contribution in [1.29, 1.82) is 0 Å². The van der Waals surface area contributed by atoms with E-state index in [1.165, 1.54) is 65.2 Å². The number of pyridine rings is 1. The van der Waals surface area contributed by atoms with Gasteiger partial charge in [-0.2, -0.15) is 0 Å². The molecule has 2 aromatic carbocycles. The lowest BCUT2D eigenvalue weighted by Crippen LogP contribution is -2.41. The Labute approximate surface area is 223 Å². The van der Waals surface area contributed by atoms with E-state index in [-0.39, 0.29) is 0 Å². The molecule has 0 unspecified atom stereocenters. The van der Waals surface area contributed by atoms with Gasteiger partial charge in [0.25, 0.3) is 0 Å². The number of rotatable bonds is 3. The number of aromatic nitrogens is 2. The standard InChI is InChI=1S/C24H27N3O.2CH4O3S/c1-16-21-15-27(13-12-26-9-4-3-5-10-26)11-8-19(21)17(2)24-23(16)20-14-18(28)6-7-22(20)25-24;2*1-5(2,3)4/h6-8,11,14-15,28H,3-5,9-10,12-13H2,1-2H3;2*1H3,(H,2,3,4)/p-1. The highest BCUT2D eigenvalue weighted by Gasteiger charge is 2.17. The molecule has 208 valence electrons. The zero-order valence-electron chi connectivity index (χ0n) is 22.0. The highest BCUT2D eigenvalue weighted by molar-refractivity contribution is 7.85. The third-order valence-electron chi connectivity index (χ3n) is 6.48. The summed E-state index contributed by atoms with van der Waals surface area (Å²) < 4.78 is 56.8. The number of benzene rings is 2.